The molecule has 0 spiro atoms. The molecule has 0 aliphatic carbocycles. The van der Waals surface area contributed by atoms with Gasteiger partial charge in [-0.05, 0) is 25.3 Å². The highest BCUT2D eigenvalue weighted by Gasteiger charge is 2.37. The molecule has 1 unspecified atom stereocenters. The van der Waals surface area contributed by atoms with E-state index in [1.54, 1.807) is 0 Å². The molecule has 0 aromatic heterocycles. The fraction of sp³-hybridized carbons (Fsp3) is 0.545. The summed E-state index contributed by atoms with van der Waals surface area (Å²) in [7, 11) is 0. The van der Waals surface area contributed by atoms with Crippen LogP contribution >= 0.6 is 0 Å². The molecule has 0 radical (unpaired) electrons. The molecule has 82 valence electrons. The van der Waals surface area contributed by atoms with E-state index in [1.807, 2.05) is 24.4 Å². The van der Waals surface area contributed by atoms with Crippen LogP contribution in [-0.2, 0) is 4.79 Å². The summed E-state index contributed by atoms with van der Waals surface area (Å²) in [6.45, 7) is 4.87. The van der Waals surface area contributed by atoms with Crippen molar-refractivity contribution in [3.8, 4) is 0 Å². The first-order valence-corrected chi connectivity index (χ1v) is 5.34. The molecule has 2 atom stereocenters. The second kappa shape index (κ2) is 4.16. The quantitative estimate of drug-likeness (QED) is 0.618. The Kier molecular flexibility index (Phi) is 2.88. The van der Waals surface area contributed by atoms with Crippen molar-refractivity contribution in [2.75, 3.05) is 19.6 Å². The summed E-state index contributed by atoms with van der Waals surface area (Å²) in [5.74, 6) is 0. The van der Waals surface area contributed by atoms with Crippen LogP contribution in [0.15, 0.2) is 24.4 Å². The van der Waals surface area contributed by atoms with Crippen molar-refractivity contribution in [1.82, 2.24) is 15.5 Å². The lowest BCUT2D eigenvalue weighted by Crippen LogP contribution is -2.65. The van der Waals surface area contributed by atoms with Crippen LogP contribution in [-0.4, -0.2) is 42.5 Å². The summed E-state index contributed by atoms with van der Waals surface area (Å²) < 4.78 is 0. The van der Waals surface area contributed by atoms with Crippen LogP contribution in [0.4, 0.5) is 0 Å². The molecule has 2 heterocycles. The second-order valence-corrected chi connectivity index (χ2v) is 4.05. The Morgan fingerprint density at radius 3 is 3.00 bits per heavy atom. The number of nitrogens with one attached hydrogen (secondary N) is 2. The normalized spacial score (nSPS) is 36.2. The zero-order valence-electron chi connectivity index (χ0n) is 8.94. The Morgan fingerprint density at radius 1 is 1.53 bits per heavy atom. The van der Waals surface area contributed by atoms with Crippen LogP contribution < -0.4 is 10.6 Å². The lowest BCUT2D eigenvalue weighted by molar-refractivity contribution is -0.119. The number of nitrogens with zero attached hydrogens (tertiary/aromatic N) is 1. The summed E-state index contributed by atoms with van der Waals surface area (Å²) in [4.78, 5) is 13.5. The van der Waals surface area contributed by atoms with Gasteiger partial charge in [0, 0.05) is 25.7 Å². The lowest BCUT2D eigenvalue weighted by Gasteiger charge is -2.45. The lowest BCUT2D eigenvalue weighted by atomic mass is 10.0. The summed E-state index contributed by atoms with van der Waals surface area (Å²) in [5, 5.41) is 6.46. The summed E-state index contributed by atoms with van der Waals surface area (Å²) >= 11 is 0. The van der Waals surface area contributed by atoms with Crippen molar-refractivity contribution in [3.63, 3.8) is 0 Å². The molecule has 4 heteroatoms. The van der Waals surface area contributed by atoms with Crippen LogP contribution in [0, 0.1) is 0 Å². The maximum absolute atomic E-state index is 11.3. The first kappa shape index (κ1) is 10.4. The molecule has 0 bridgehead atoms. The van der Waals surface area contributed by atoms with Crippen LogP contribution in [0.5, 0.6) is 0 Å². The van der Waals surface area contributed by atoms with Crippen LogP contribution in [0.1, 0.15) is 6.92 Å². The van der Waals surface area contributed by atoms with E-state index in [1.165, 1.54) is 0 Å². The molecule has 2 rings (SSSR count). The van der Waals surface area contributed by atoms with E-state index < -0.39 is 5.66 Å². The maximum Gasteiger partial charge on any atom is 0.168 e. The predicted molar refractivity (Wildman–Crippen MR) is 59.2 cm³/mol. The van der Waals surface area contributed by atoms with Crippen LogP contribution in [0.25, 0.3) is 0 Å². The minimum atomic E-state index is -0.643. The van der Waals surface area contributed by atoms with Gasteiger partial charge in [0.25, 0.3) is 0 Å². The first-order chi connectivity index (χ1) is 7.28. The Bertz CT molecular complexity index is 300. The molecule has 0 amide bonds. The third-order valence-electron chi connectivity index (χ3n) is 3.03. The van der Waals surface area contributed by atoms with Gasteiger partial charge in [0.1, 0.15) is 0 Å². The van der Waals surface area contributed by atoms with E-state index in [-0.39, 0.29) is 0 Å². The van der Waals surface area contributed by atoms with Gasteiger partial charge in [0.15, 0.2) is 11.9 Å². The molecule has 0 aromatic rings. The molecular weight excluding hydrogens is 190 g/mol. The minimum Gasteiger partial charge on any atom is -0.364 e. The Balaban J connectivity index is 2.21. The molecule has 0 saturated carbocycles. The number of aldehydes is 1. The minimum absolute atomic E-state index is 0.354. The molecule has 2 N–H and O–H groups in total. The number of piperazine rings is 1. The number of dihydropyridines is 1. The Hall–Kier alpha value is -1.13. The monoisotopic (exact) mass is 207 g/mol. The smallest absolute Gasteiger partial charge is 0.168 e. The average molecular weight is 207 g/mol. The third-order valence-corrected chi connectivity index (χ3v) is 3.03. The highest BCUT2D eigenvalue weighted by Crippen LogP contribution is 2.19. The highest BCUT2D eigenvalue weighted by atomic mass is 16.1. The Labute approximate surface area is 90.0 Å². The molecule has 1 saturated heterocycles. The number of carbonyl (C=O) groups is 1. The largest absolute Gasteiger partial charge is 0.364 e. The number of rotatable bonds is 2. The van der Waals surface area contributed by atoms with Crippen molar-refractivity contribution < 1.29 is 4.79 Å². The molecule has 2 aliphatic rings. The van der Waals surface area contributed by atoms with Crippen LogP contribution in [0.2, 0.25) is 0 Å². The van der Waals surface area contributed by atoms with E-state index in [4.69, 9.17) is 0 Å². The van der Waals surface area contributed by atoms with Crippen molar-refractivity contribution in [3.05, 3.63) is 24.4 Å². The van der Waals surface area contributed by atoms with Crippen molar-refractivity contribution in [1.29, 1.82) is 0 Å². The second-order valence-electron chi connectivity index (χ2n) is 4.05. The predicted octanol–water partition coefficient (Wildman–Crippen LogP) is -0.152. The number of hydrogen-bond acceptors (Lipinski definition) is 4. The zero-order valence-corrected chi connectivity index (χ0v) is 8.94. The highest BCUT2D eigenvalue weighted by molar-refractivity contribution is 5.68. The van der Waals surface area contributed by atoms with Gasteiger partial charge in [0.2, 0.25) is 0 Å². The molecule has 4 nitrogen and oxygen atoms in total. The topological polar surface area (TPSA) is 44.4 Å². The van der Waals surface area contributed by atoms with Crippen molar-refractivity contribution >= 4 is 6.29 Å². The molecular formula is C11H17N3O. The van der Waals surface area contributed by atoms with Crippen molar-refractivity contribution in [2.45, 2.75) is 18.6 Å². The van der Waals surface area contributed by atoms with Crippen molar-refractivity contribution in [2.24, 2.45) is 0 Å². The van der Waals surface area contributed by atoms with Gasteiger partial charge in [0.05, 0.1) is 0 Å². The zero-order chi connectivity index (χ0) is 10.7. The SMILES string of the molecule is C[C@H]1CNCCN1C1(C=O)C=CC=CN1. The summed E-state index contributed by atoms with van der Waals surface area (Å²) in [6, 6.07) is 0.354. The fourth-order valence-corrected chi connectivity index (χ4v) is 2.20. The summed E-state index contributed by atoms with van der Waals surface area (Å²) in [6.07, 6.45) is 8.54. The van der Waals surface area contributed by atoms with Gasteiger partial charge in [-0.15, -0.1) is 0 Å². The molecule has 2 aliphatic heterocycles. The number of allylic oxidation sites excluding steroid dienone is 2. The number of hydrogen-bond donors (Lipinski definition) is 2. The summed E-state index contributed by atoms with van der Waals surface area (Å²) in [5.41, 5.74) is -0.643. The Morgan fingerprint density at radius 2 is 2.40 bits per heavy atom. The first-order valence-electron chi connectivity index (χ1n) is 5.34. The molecule has 0 aromatic carbocycles. The van der Waals surface area contributed by atoms with Crippen LogP contribution in [0.3, 0.4) is 0 Å². The van der Waals surface area contributed by atoms with E-state index in [0.29, 0.717) is 6.04 Å². The van der Waals surface area contributed by atoms with E-state index in [2.05, 4.69) is 22.5 Å². The molecule has 1 fully saturated rings. The standard InChI is InChI=1S/C11H17N3O/c1-10-8-12-6-7-14(10)11(9-15)4-2-3-5-13-11/h2-5,9-10,12-13H,6-8H2,1H3/t10-,11?/m0/s1. The van der Waals surface area contributed by atoms with Gasteiger partial charge in [-0.3, -0.25) is 9.69 Å². The fourth-order valence-electron chi connectivity index (χ4n) is 2.20. The van der Waals surface area contributed by atoms with Gasteiger partial charge < -0.3 is 10.6 Å². The number of carbonyl (C=O) groups excluding carboxylic acids is 1. The van der Waals surface area contributed by atoms with Gasteiger partial charge >= 0.3 is 0 Å². The maximum atomic E-state index is 11.3. The average Bonchev–Trinajstić information content (AvgIpc) is 2.30. The third kappa shape index (κ3) is 1.82. The van der Waals surface area contributed by atoms with Gasteiger partial charge in [-0.25, -0.2) is 0 Å². The molecule has 15 heavy (non-hydrogen) atoms. The van der Waals surface area contributed by atoms with Gasteiger partial charge in [-0.1, -0.05) is 6.08 Å². The van der Waals surface area contributed by atoms with E-state index in [0.717, 1.165) is 25.9 Å². The van der Waals surface area contributed by atoms with E-state index >= 15 is 0 Å². The van der Waals surface area contributed by atoms with E-state index in [9.17, 15) is 4.79 Å². The van der Waals surface area contributed by atoms with Gasteiger partial charge in [-0.2, -0.15) is 0 Å².